The van der Waals surface area contributed by atoms with Crippen molar-refractivity contribution in [3.05, 3.63) is 29.7 Å². The van der Waals surface area contributed by atoms with Crippen molar-refractivity contribution in [2.24, 2.45) is 0 Å². The van der Waals surface area contributed by atoms with Crippen LogP contribution in [-0.2, 0) is 9.84 Å². The van der Waals surface area contributed by atoms with Crippen molar-refractivity contribution in [1.82, 2.24) is 0 Å². The number of hydrogen-bond donors (Lipinski definition) is 3. The molecule has 6 heteroatoms. The van der Waals surface area contributed by atoms with Gasteiger partial charge in [-0.3, -0.25) is 0 Å². The van der Waals surface area contributed by atoms with Gasteiger partial charge in [-0.1, -0.05) is 6.08 Å². The van der Waals surface area contributed by atoms with Gasteiger partial charge >= 0.3 is 0 Å². The van der Waals surface area contributed by atoms with E-state index in [1.54, 1.807) is 24.3 Å². The van der Waals surface area contributed by atoms with Crippen LogP contribution < -0.4 is 16.8 Å². The molecule has 86 valence electrons. The second kappa shape index (κ2) is 3.71. The Morgan fingerprint density at radius 2 is 2.00 bits per heavy atom. The van der Waals surface area contributed by atoms with Crippen LogP contribution in [0.2, 0.25) is 0 Å². The second-order valence-electron chi connectivity index (χ2n) is 3.75. The lowest BCUT2D eigenvalue weighted by molar-refractivity contribution is 0.605. The molecule has 0 spiro atoms. The Labute approximate surface area is 94.1 Å². The Morgan fingerprint density at radius 1 is 1.25 bits per heavy atom. The monoisotopic (exact) mass is 239 g/mol. The van der Waals surface area contributed by atoms with Gasteiger partial charge in [-0.2, -0.15) is 0 Å². The van der Waals surface area contributed by atoms with Crippen LogP contribution >= 0.6 is 0 Å². The molecule has 0 saturated heterocycles. The van der Waals surface area contributed by atoms with Crippen LogP contribution in [-0.4, -0.2) is 20.2 Å². The van der Waals surface area contributed by atoms with Gasteiger partial charge in [-0.15, -0.1) is 0 Å². The van der Waals surface area contributed by atoms with Gasteiger partial charge in [-0.05, 0) is 18.2 Å². The van der Waals surface area contributed by atoms with E-state index in [2.05, 4.69) is 5.32 Å². The van der Waals surface area contributed by atoms with Crippen LogP contribution in [0.25, 0.3) is 0 Å². The zero-order chi connectivity index (χ0) is 11.8. The summed E-state index contributed by atoms with van der Waals surface area (Å²) in [7, 11) is -3.03. The van der Waals surface area contributed by atoms with Crippen LogP contribution in [0.4, 0.5) is 17.1 Å². The molecule has 2 rings (SSSR count). The largest absolute Gasteiger partial charge is 0.397 e. The Balaban J connectivity index is 2.11. The van der Waals surface area contributed by atoms with Crippen LogP contribution in [0, 0.1) is 0 Å². The second-order valence-corrected chi connectivity index (χ2v) is 5.68. The predicted molar refractivity (Wildman–Crippen MR) is 65.6 cm³/mol. The zero-order valence-electron chi connectivity index (χ0n) is 8.55. The van der Waals surface area contributed by atoms with Crippen LogP contribution in [0.15, 0.2) is 29.7 Å². The number of rotatable bonds is 2. The summed E-state index contributed by atoms with van der Waals surface area (Å²) in [6, 6.07) is 4.94. The predicted octanol–water partition coefficient (Wildman–Crippen LogP) is 0.574. The molecule has 0 radical (unpaired) electrons. The molecule has 0 bridgehead atoms. The molecule has 0 saturated carbocycles. The molecule has 0 amide bonds. The lowest BCUT2D eigenvalue weighted by Gasteiger charge is -2.12. The van der Waals surface area contributed by atoms with E-state index in [1.165, 1.54) is 5.41 Å². The topological polar surface area (TPSA) is 98.2 Å². The first-order chi connectivity index (χ1) is 7.46. The summed E-state index contributed by atoms with van der Waals surface area (Å²) >= 11 is 0. The van der Waals surface area contributed by atoms with Gasteiger partial charge in [-0.25, -0.2) is 8.42 Å². The van der Waals surface area contributed by atoms with Crippen molar-refractivity contribution in [3.63, 3.8) is 0 Å². The maximum Gasteiger partial charge on any atom is 0.173 e. The molecule has 1 aromatic rings. The summed E-state index contributed by atoms with van der Waals surface area (Å²) in [4.78, 5) is 0. The van der Waals surface area contributed by atoms with Gasteiger partial charge in [0.15, 0.2) is 9.84 Å². The van der Waals surface area contributed by atoms with E-state index in [-0.39, 0.29) is 11.8 Å². The standard InChI is InChI=1S/C10H13N3O2S/c11-9-2-1-7(5-10(9)12)13-8-3-4-16(14,15)6-8/h1-5,8,13H,6,11-12H2. The molecule has 0 fully saturated rings. The molecule has 16 heavy (non-hydrogen) atoms. The molecule has 1 atom stereocenters. The Bertz CT molecular complexity index is 537. The molecule has 5 nitrogen and oxygen atoms in total. The quantitative estimate of drug-likeness (QED) is 0.655. The Kier molecular flexibility index (Phi) is 2.51. The summed E-state index contributed by atoms with van der Waals surface area (Å²) in [6.45, 7) is 0. The highest BCUT2D eigenvalue weighted by molar-refractivity contribution is 7.94. The van der Waals surface area contributed by atoms with E-state index in [9.17, 15) is 8.42 Å². The minimum Gasteiger partial charge on any atom is -0.397 e. The summed E-state index contributed by atoms with van der Waals surface area (Å²) in [6.07, 6.45) is 1.63. The van der Waals surface area contributed by atoms with Crippen molar-refractivity contribution in [1.29, 1.82) is 0 Å². The van der Waals surface area contributed by atoms with Crippen LogP contribution in [0.1, 0.15) is 0 Å². The number of benzene rings is 1. The number of nitrogens with two attached hydrogens (primary N) is 2. The first-order valence-corrected chi connectivity index (χ1v) is 6.50. The summed E-state index contributed by atoms with van der Waals surface area (Å²) < 4.78 is 22.4. The number of anilines is 3. The highest BCUT2D eigenvalue weighted by atomic mass is 32.2. The zero-order valence-corrected chi connectivity index (χ0v) is 9.37. The smallest absolute Gasteiger partial charge is 0.173 e. The Hall–Kier alpha value is -1.69. The molecular formula is C10H13N3O2S. The minimum atomic E-state index is -3.03. The SMILES string of the molecule is Nc1ccc(NC2C=CS(=O)(=O)C2)cc1N. The molecular weight excluding hydrogens is 226 g/mol. The van der Waals surface area contributed by atoms with E-state index in [0.717, 1.165) is 5.69 Å². The number of nitrogens with one attached hydrogen (secondary N) is 1. The van der Waals surface area contributed by atoms with Gasteiger partial charge in [0.1, 0.15) is 0 Å². The molecule has 1 heterocycles. The van der Waals surface area contributed by atoms with Gasteiger partial charge in [0, 0.05) is 11.1 Å². The van der Waals surface area contributed by atoms with Gasteiger partial charge in [0.2, 0.25) is 0 Å². The third kappa shape index (κ3) is 2.27. The van der Waals surface area contributed by atoms with Gasteiger partial charge < -0.3 is 16.8 Å². The summed E-state index contributed by atoms with van der Waals surface area (Å²) in [5, 5.41) is 4.29. The van der Waals surface area contributed by atoms with Crippen molar-refractivity contribution >= 4 is 26.9 Å². The average Bonchev–Trinajstić information content (AvgIpc) is 2.52. The fourth-order valence-corrected chi connectivity index (χ4v) is 2.78. The number of nitrogen functional groups attached to an aromatic ring is 2. The molecule has 1 aliphatic rings. The lowest BCUT2D eigenvalue weighted by Crippen LogP contribution is -2.20. The first kappa shape index (κ1) is 10.8. The lowest BCUT2D eigenvalue weighted by atomic mass is 10.2. The third-order valence-corrected chi connectivity index (χ3v) is 3.76. The fourth-order valence-electron chi connectivity index (χ4n) is 1.54. The van der Waals surface area contributed by atoms with Crippen LogP contribution in [0.3, 0.4) is 0 Å². The van der Waals surface area contributed by atoms with E-state index in [0.29, 0.717) is 11.4 Å². The maximum atomic E-state index is 11.2. The van der Waals surface area contributed by atoms with E-state index >= 15 is 0 Å². The molecule has 5 N–H and O–H groups in total. The van der Waals surface area contributed by atoms with Crippen molar-refractivity contribution in [3.8, 4) is 0 Å². The maximum absolute atomic E-state index is 11.2. The van der Waals surface area contributed by atoms with E-state index < -0.39 is 9.84 Å². The molecule has 1 unspecified atom stereocenters. The first-order valence-electron chi connectivity index (χ1n) is 4.79. The van der Waals surface area contributed by atoms with Crippen LogP contribution in [0.5, 0.6) is 0 Å². The molecule has 1 aromatic carbocycles. The molecule has 1 aliphatic heterocycles. The van der Waals surface area contributed by atoms with Crippen molar-refractivity contribution in [2.45, 2.75) is 6.04 Å². The molecule has 0 aromatic heterocycles. The Morgan fingerprint density at radius 3 is 2.56 bits per heavy atom. The van der Waals surface area contributed by atoms with E-state index in [4.69, 9.17) is 11.5 Å². The normalized spacial score (nSPS) is 22.1. The van der Waals surface area contributed by atoms with E-state index in [1.807, 2.05) is 0 Å². The van der Waals surface area contributed by atoms with Gasteiger partial charge in [0.25, 0.3) is 0 Å². The van der Waals surface area contributed by atoms with Crippen molar-refractivity contribution < 1.29 is 8.42 Å². The fraction of sp³-hybridized carbons (Fsp3) is 0.200. The number of sulfone groups is 1. The van der Waals surface area contributed by atoms with Gasteiger partial charge in [0.05, 0.1) is 23.2 Å². The average molecular weight is 239 g/mol. The highest BCUT2D eigenvalue weighted by Crippen LogP contribution is 2.21. The highest BCUT2D eigenvalue weighted by Gasteiger charge is 2.21. The van der Waals surface area contributed by atoms with Crippen molar-refractivity contribution in [2.75, 3.05) is 22.5 Å². The summed E-state index contributed by atoms with van der Waals surface area (Å²) in [5.74, 6) is 0.0806. The number of hydrogen-bond acceptors (Lipinski definition) is 5. The molecule has 0 aliphatic carbocycles. The summed E-state index contributed by atoms with van der Waals surface area (Å²) in [5.41, 5.74) is 13.0. The third-order valence-electron chi connectivity index (χ3n) is 2.37. The minimum absolute atomic E-state index is 0.0806.